The van der Waals surface area contributed by atoms with E-state index in [2.05, 4.69) is 20.0 Å². The Morgan fingerprint density at radius 2 is 2.15 bits per heavy atom. The highest BCUT2D eigenvalue weighted by atomic mass is 32.2. The number of carbonyl (C=O) groups is 2. The van der Waals surface area contributed by atoms with Gasteiger partial charge in [-0.25, -0.2) is 14.6 Å². The maximum atomic E-state index is 13.4. The van der Waals surface area contributed by atoms with Crippen molar-refractivity contribution in [2.75, 3.05) is 44.5 Å². The van der Waals surface area contributed by atoms with Crippen molar-refractivity contribution < 1.29 is 37.8 Å². The molecule has 0 amide bonds. The van der Waals surface area contributed by atoms with Crippen LogP contribution in [0.3, 0.4) is 0 Å². The average Bonchev–Trinajstić information content (AvgIpc) is 3.47. The Bertz CT molecular complexity index is 1270. The van der Waals surface area contributed by atoms with E-state index in [1.165, 1.54) is 6.33 Å². The van der Waals surface area contributed by atoms with Gasteiger partial charge in [0, 0.05) is 11.7 Å². The quantitative estimate of drug-likeness (QED) is 0.138. The van der Waals surface area contributed by atoms with Crippen LogP contribution in [0.15, 0.2) is 11.1 Å². The number of anilines is 1. The number of aromatic amines is 1. The van der Waals surface area contributed by atoms with Gasteiger partial charge in [0.2, 0.25) is 5.95 Å². The predicted molar refractivity (Wildman–Crippen MR) is 143 cm³/mol. The molecule has 4 atom stereocenters. The topological polar surface area (TPSA) is 210 Å². The average molecular weight is 591 g/mol. The Kier molecular flexibility index (Phi) is 10.7. The maximum Gasteiger partial charge on any atom is 0.406 e. The number of aromatic nitrogens is 4. The molecule has 0 radical (unpaired) electrons. The first-order chi connectivity index (χ1) is 18.4. The Hall–Kier alpha value is -2.33. The zero-order valence-electron chi connectivity index (χ0n) is 22.2. The number of carbonyl (C=O) groups excluding carboxylic acids is 2. The SMILES string of the molecule is CCOC(=O)CNP(=O)(OCCSC(=O)C(C)(C)CO)OCC1CC(C)C(n2cnc3c(=O)[nH]c(N)nc32)O1. The minimum absolute atomic E-state index is 0.0506. The molecular weight excluding hydrogens is 555 g/mol. The molecule has 39 heavy (non-hydrogen) atoms. The highest BCUT2D eigenvalue weighted by Gasteiger charge is 2.37. The number of thioether (sulfide) groups is 1. The smallest absolute Gasteiger partial charge is 0.406 e. The normalized spacial score (nSPS) is 21.2. The van der Waals surface area contributed by atoms with Crippen LogP contribution in [0.1, 0.15) is 40.3 Å². The lowest BCUT2D eigenvalue weighted by Crippen LogP contribution is -2.27. The molecule has 3 rings (SSSR count). The molecule has 0 saturated carbocycles. The summed E-state index contributed by atoms with van der Waals surface area (Å²) in [5, 5.41) is 11.6. The van der Waals surface area contributed by atoms with Gasteiger partial charge >= 0.3 is 13.7 Å². The number of nitrogens with zero attached hydrogens (tertiary/aromatic N) is 3. The second-order valence-electron chi connectivity index (χ2n) is 9.58. The van der Waals surface area contributed by atoms with Crippen LogP contribution in [-0.4, -0.2) is 80.5 Å². The van der Waals surface area contributed by atoms with Gasteiger partial charge < -0.3 is 20.3 Å². The summed E-state index contributed by atoms with van der Waals surface area (Å²) < 4.78 is 37.1. The lowest BCUT2D eigenvalue weighted by atomic mass is 9.97. The van der Waals surface area contributed by atoms with E-state index in [0.29, 0.717) is 6.42 Å². The van der Waals surface area contributed by atoms with Crippen LogP contribution in [-0.2, 0) is 32.7 Å². The Morgan fingerprint density at radius 1 is 1.41 bits per heavy atom. The van der Waals surface area contributed by atoms with E-state index in [0.717, 1.165) is 11.8 Å². The summed E-state index contributed by atoms with van der Waals surface area (Å²) in [6.45, 7) is 5.97. The molecule has 1 aliphatic heterocycles. The first kappa shape index (κ1) is 31.2. The third-order valence-corrected chi connectivity index (χ3v) is 8.60. The van der Waals surface area contributed by atoms with Crippen LogP contribution < -0.4 is 16.4 Å². The molecule has 218 valence electrons. The summed E-state index contributed by atoms with van der Waals surface area (Å²) in [6.07, 6.45) is 0.913. The number of nitrogens with one attached hydrogen (secondary N) is 2. The zero-order valence-corrected chi connectivity index (χ0v) is 24.0. The molecule has 0 aliphatic carbocycles. The molecule has 1 fully saturated rings. The highest BCUT2D eigenvalue weighted by Crippen LogP contribution is 2.45. The number of nitrogens with two attached hydrogens (primary N) is 1. The molecule has 5 N–H and O–H groups in total. The number of fused-ring (bicyclic) bond motifs is 1. The van der Waals surface area contributed by atoms with Crippen LogP contribution in [0.25, 0.3) is 11.2 Å². The van der Waals surface area contributed by atoms with E-state index in [-0.39, 0.29) is 60.3 Å². The van der Waals surface area contributed by atoms with Crippen molar-refractivity contribution in [1.82, 2.24) is 24.6 Å². The molecule has 2 aromatic rings. The van der Waals surface area contributed by atoms with Gasteiger partial charge in [0.05, 0.1) is 44.3 Å². The fourth-order valence-corrected chi connectivity index (χ4v) is 5.93. The number of H-pyrrole nitrogens is 1. The van der Waals surface area contributed by atoms with E-state index in [9.17, 15) is 24.1 Å². The predicted octanol–water partition coefficient (Wildman–Crippen LogP) is 1.20. The number of hydrogen-bond donors (Lipinski definition) is 4. The zero-order chi connectivity index (χ0) is 28.8. The first-order valence-corrected chi connectivity index (χ1v) is 14.9. The van der Waals surface area contributed by atoms with Crippen molar-refractivity contribution in [3.63, 3.8) is 0 Å². The summed E-state index contributed by atoms with van der Waals surface area (Å²) in [5.74, 6) is -0.592. The van der Waals surface area contributed by atoms with Crippen molar-refractivity contribution in [3.05, 3.63) is 16.7 Å². The minimum atomic E-state index is -4.01. The first-order valence-electron chi connectivity index (χ1n) is 12.3. The Labute approximate surface area is 229 Å². The van der Waals surface area contributed by atoms with Crippen LogP contribution in [0, 0.1) is 11.3 Å². The van der Waals surface area contributed by atoms with E-state index in [1.807, 2.05) is 6.92 Å². The van der Waals surface area contributed by atoms with E-state index in [1.54, 1.807) is 25.3 Å². The molecule has 17 heteroatoms. The van der Waals surface area contributed by atoms with Crippen molar-refractivity contribution in [2.24, 2.45) is 11.3 Å². The third kappa shape index (κ3) is 8.10. The fourth-order valence-electron chi connectivity index (χ4n) is 3.73. The number of imidazole rings is 1. The maximum absolute atomic E-state index is 13.4. The van der Waals surface area contributed by atoms with Gasteiger partial charge in [-0.15, -0.1) is 0 Å². The number of ether oxygens (including phenoxy) is 2. The molecule has 3 heterocycles. The minimum Gasteiger partial charge on any atom is -0.465 e. The number of rotatable bonds is 14. The monoisotopic (exact) mass is 590 g/mol. The van der Waals surface area contributed by atoms with Gasteiger partial charge in [0.1, 0.15) is 12.8 Å². The number of esters is 1. The molecule has 2 aromatic heterocycles. The molecule has 4 unspecified atom stereocenters. The van der Waals surface area contributed by atoms with Gasteiger partial charge in [-0.3, -0.25) is 33.0 Å². The molecular formula is C22H35N6O9PS. The van der Waals surface area contributed by atoms with Crippen molar-refractivity contribution in [1.29, 1.82) is 0 Å². The number of aliphatic hydroxyl groups excluding tert-OH is 1. The summed E-state index contributed by atoms with van der Waals surface area (Å²) in [7, 11) is -4.01. The van der Waals surface area contributed by atoms with Crippen LogP contribution in [0.2, 0.25) is 0 Å². The Morgan fingerprint density at radius 3 is 2.85 bits per heavy atom. The van der Waals surface area contributed by atoms with E-state index >= 15 is 0 Å². The second kappa shape index (κ2) is 13.4. The molecule has 0 spiro atoms. The number of hydrogen-bond acceptors (Lipinski definition) is 13. The van der Waals surface area contributed by atoms with Gasteiger partial charge in [-0.2, -0.15) is 4.98 Å². The largest absolute Gasteiger partial charge is 0.465 e. The van der Waals surface area contributed by atoms with Crippen molar-refractivity contribution >= 4 is 47.7 Å². The van der Waals surface area contributed by atoms with Crippen LogP contribution in [0.5, 0.6) is 0 Å². The molecule has 15 nitrogen and oxygen atoms in total. The number of nitrogen functional groups attached to an aromatic ring is 1. The number of aliphatic hydroxyl groups is 1. The summed E-state index contributed by atoms with van der Waals surface area (Å²) in [4.78, 5) is 46.8. The molecule has 1 aliphatic rings. The van der Waals surface area contributed by atoms with Crippen molar-refractivity contribution in [3.8, 4) is 0 Å². The lowest BCUT2D eigenvalue weighted by Gasteiger charge is -2.22. The van der Waals surface area contributed by atoms with Gasteiger partial charge in [0.15, 0.2) is 16.3 Å². The summed E-state index contributed by atoms with van der Waals surface area (Å²) >= 11 is 0.934. The van der Waals surface area contributed by atoms with Crippen LogP contribution in [0.4, 0.5) is 5.95 Å². The lowest BCUT2D eigenvalue weighted by molar-refractivity contribution is -0.141. The summed E-state index contributed by atoms with van der Waals surface area (Å²) in [5.41, 5.74) is 4.70. The fraction of sp³-hybridized carbons (Fsp3) is 0.682. The highest BCUT2D eigenvalue weighted by molar-refractivity contribution is 8.13. The Balaban J connectivity index is 1.63. The van der Waals surface area contributed by atoms with E-state index in [4.69, 9.17) is 24.3 Å². The van der Waals surface area contributed by atoms with Crippen LogP contribution >= 0.6 is 19.5 Å². The molecule has 1 saturated heterocycles. The van der Waals surface area contributed by atoms with E-state index < -0.39 is 43.6 Å². The third-order valence-electron chi connectivity index (χ3n) is 5.86. The van der Waals surface area contributed by atoms with Gasteiger partial charge in [0.25, 0.3) is 5.56 Å². The second-order valence-corrected chi connectivity index (χ2v) is 12.5. The van der Waals surface area contributed by atoms with Gasteiger partial charge in [-0.05, 0) is 27.2 Å². The van der Waals surface area contributed by atoms with Gasteiger partial charge in [-0.1, -0.05) is 18.7 Å². The molecule has 0 bridgehead atoms. The van der Waals surface area contributed by atoms with Crippen molar-refractivity contribution in [2.45, 2.75) is 46.4 Å². The standard InChI is InChI=1S/C22H35N6O9PS/c1-5-34-15(30)9-25-38(33,35-6-7-39-20(32)22(3,4)11-29)36-10-14-8-13(2)19(37-14)28-12-24-16-17(28)26-21(23)27-18(16)31/h12-14,19,29H,5-11H2,1-4H3,(H,25,33)(H3,23,26,27,31). The summed E-state index contributed by atoms with van der Waals surface area (Å²) in [6, 6.07) is 0. The molecule has 0 aromatic carbocycles.